The van der Waals surface area contributed by atoms with Crippen molar-refractivity contribution in [1.82, 2.24) is 44.7 Å². The molecule has 2 aliphatic carbocycles. The Labute approximate surface area is 380 Å². The zero-order valence-electron chi connectivity index (χ0n) is 37.1. The molecule has 6 aliphatic rings. The number of imide groups is 1. The Morgan fingerprint density at radius 1 is 0.909 bits per heavy atom. The second-order valence-electron chi connectivity index (χ2n) is 18.9. The molecule has 5 aromatic rings. The van der Waals surface area contributed by atoms with Crippen LogP contribution in [0.25, 0.3) is 16.9 Å². The van der Waals surface area contributed by atoms with Gasteiger partial charge in [0.15, 0.2) is 11.5 Å². The number of fused-ring (bicyclic) bond motifs is 3. The van der Waals surface area contributed by atoms with Gasteiger partial charge < -0.3 is 30.9 Å². The topological polar surface area (TPSA) is 195 Å². The number of anilines is 4. The normalized spacial score (nSPS) is 22.5. The highest BCUT2D eigenvalue weighted by molar-refractivity contribution is 6.05. The maximum absolute atomic E-state index is 15.4. The van der Waals surface area contributed by atoms with E-state index in [2.05, 4.69) is 31.2 Å². The van der Waals surface area contributed by atoms with Crippen LogP contribution in [0.3, 0.4) is 0 Å². The van der Waals surface area contributed by atoms with E-state index in [1.807, 2.05) is 48.2 Å². The second kappa shape index (κ2) is 16.9. The summed E-state index contributed by atoms with van der Waals surface area (Å²) in [6.45, 7) is 7.72. The number of rotatable bonds is 14. The molecule has 7 heterocycles. The minimum atomic E-state index is -0.979. The fourth-order valence-electron chi connectivity index (χ4n) is 10.5. The quantitative estimate of drug-likeness (QED) is 0.0796. The number of hydrogen-bond acceptors (Lipinski definition) is 13. The molecule has 3 saturated heterocycles. The lowest BCUT2D eigenvalue weighted by Gasteiger charge is -2.48. The van der Waals surface area contributed by atoms with E-state index in [-0.39, 0.29) is 42.3 Å². The summed E-state index contributed by atoms with van der Waals surface area (Å²) < 4.78 is 18.9. The van der Waals surface area contributed by atoms with Crippen LogP contribution in [0.4, 0.5) is 27.4 Å². The standard InChI is InChI=1S/C48H55FN12O5/c1-2-48(66)16-13-29-5-11-40(54-42(29)48)61-43-36(46(65)60(61)24-28-3-4-28)23-52-47(56-43)53-33-8-6-31(7-9-33)50-17-18-51-32-14-19-57(20-15-32)34-26-58(27-34)39-21-30-25-59(45(64)35(30)22-37(39)49)38-10-12-41(62)55-44(38)63/h5-9,11,21-23,28,32,34,38,50-51,66H,2-4,10,12-20,24-27H2,1H3,(H,52,53,56)(H,55,62,63)/t38?,48-/m1/s1. The lowest BCUT2D eigenvalue weighted by molar-refractivity contribution is -0.136. The highest BCUT2D eigenvalue weighted by Gasteiger charge is 2.42. The van der Waals surface area contributed by atoms with Crippen LogP contribution < -0.4 is 31.7 Å². The monoisotopic (exact) mass is 898 g/mol. The summed E-state index contributed by atoms with van der Waals surface area (Å²) in [5, 5.41) is 24.6. The van der Waals surface area contributed by atoms with E-state index >= 15 is 4.39 Å². The molecule has 0 spiro atoms. The molecule has 1 unspecified atom stereocenters. The number of halogens is 1. The van der Waals surface area contributed by atoms with E-state index in [1.54, 1.807) is 21.6 Å². The van der Waals surface area contributed by atoms with E-state index in [1.165, 1.54) is 11.0 Å². The Balaban J connectivity index is 0.648. The average Bonchev–Trinajstić information content (AvgIpc) is 3.92. The molecule has 3 amide bonds. The Morgan fingerprint density at radius 3 is 2.45 bits per heavy atom. The third-order valence-electron chi connectivity index (χ3n) is 14.7. The van der Waals surface area contributed by atoms with Crippen molar-refractivity contribution < 1.29 is 23.9 Å². The van der Waals surface area contributed by atoms with Gasteiger partial charge >= 0.3 is 0 Å². The van der Waals surface area contributed by atoms with Gasteiger partial charge in [-0.05, 0) is 111 Å². The first-order chi connectivity index (χ1) is 32.0. The van der Waals surface area contributed by atoms with E-state index in [0.29, 0.717) is 77.1 Å². The van der Waals surface area contributed by atoms with Gasteiger partial charge in [0.25, 0.3) is 11.5 Å². The van der Waals surface area contributed by atoms with Gasteiger partial charge in [0.05, 0.1) is 11.4 Å². The molecule has 11 rings (SSSR count). The van der Waals surface area contributed by atoms with Gasteiger partial charge in [-0.3, -0.25) is 29.4 Å². The van der Waals surface area contributed by atoms with Crippen LogP contribution in [0.15, 0.2) is 59.5 Å². The van der Waals surface area contributed by atoms with E-state index in [9.17, 15) is 24.3 Å². The number of nitrogens with zero attached hydrogens (tertiary/aromatic N) is 8. The molecule has 4 fully saturated rings. The molecule has 0 bridgehead atoms. The van der Waals surface area contributed by atoms with Crippen molar-refractivity contribution in [2.75, 3.05) is 54.8 Å². The minimum absolute atomic E-state index is 0.148. The van der Waals surface area contributed by atoms with Crippen molar-refractivity contribution in [3.63, 3.8) is 0 Å². The van der Waals surface area contributed by atoms with Crippen LogP contribution >= 0.6 is 0 Å². The van der Waals surface area contributed by atoms with Crippen LogP contribution in [0.5, 0.6) is 0 Å². The number of likely N-dealkylation sites (tertiary alicyclic amines) is 1. The predicted octanol–water partition coefficient (Wildman–Crippen LogP) is 3.93. The zero-order chi connectivity index (χ0) is 45.3. The van der Waals surface area contributed by atoms with Crippen molar-refractivity contribution in [1.29, 1.82) is 0 Å². The van der Waals surface area contributed by atoms with E-state index < -0.39 is 23.4 Å². The summed E-state index contributed by atoms with van der Waals surface area (Å²) in [5.41, 5.74) is 4.36. The number of carbonyl (C=O) groups is 3. The molecule has 344 valence electrons. The van der Waals surface area contributed by atoms with Crippen molar-refractivity contribution >= 4 is 51.8 Å². The smallest absolute Gasteiger partial charge is 0.278 e. The number of nitrogens with one attached hydrogen (secondary N) is 4. The lowest BCUT2D eigenvalue weighted by Crippen LogP contribution is -2.62. The third-order valence-corrected chi connectivity index (χ3v) is 14.7. The van der Waals surface area contributed by atoms with Crippen LogP contribution in [-0.2, 0) is 34.7 Å². The first-order valence-electron chi connectivity index (χ1n) is 23.5. The number of benzene rings is 2. The number of piperidine rings is 2. The SMILES string of the molecule is CC[C@@]1(O)CCc2ccc(-n3c4nc(Nc5ccc(NCCNC6CCN(C7CN(c8cc9c(cc8F)C(=O)N(C8CCC(=O)NC8=O)C9)C7)CC6)cc5)ncc4c(=O)n3CC3CC3)nc21. The summed E-state index contributed by atoms with van der Waals surface area (Å²) in [6, 6.07) is 15.0. The lowest BCUT2D eigenvalue weighted by atomic mass is 9.98. The fraction of sp³-hybridized carbons (Fsp3) is 0.479. The minimum Gasteiger partial charge on any atom is -0.384 e. The number of aliphatic hydroxyl groups is 1. The van der Waals surface area contributed by atoms with Crippen LogP contribution in [0.2, 0.25) is 0 Å². The Morgan fingerprint density at radius 2 is 1.70 bits per heavy atom. The van der Waals surface area contributed by atoms with Gasteiger partial charge in [-0.2, -0.15) is 4.98 Å². The maximum atomic E-state index is 15.4. The first kappa shape index (κ1) is 42.4. The van der Waals surface area contributed by atoms with Gasteiger partial charge in [0.2, 0.25) is 17.8 Å². The molecule has 1 saturated carbocycles. The largest absolute Gasteiger partial charge is 0.384 e. The summed E-state index contributed by atoms with van der Waals surface area (Å²) in [6.07, 6.45) is 8.24. The summed E-state index contributed by atoms with van der Waals surface area (Å²) in [4.78, 5) is 71.2. The van der Waals surface area contributed by atoms with Crippen molar-refractivity contribution in [3.05, 3.63) is 93.3 Å². The van der Waals surface area contributed by atoms with Gasteiger partial charge in [-0.1, -0.05) is 13.0 Å². The van der Waals surface area contributed by atoms with Crippen molar-refractivity contribution in [2.45, 2.75) is 102 Å². The van der Waals surface area contributed by atoms with Crippen molar-refractivity contribution in [3.8, 4) is 5.82 Å². The molecule has 17 nitrogen and oxygen atoms in total. The average molecular weight is 899 g/mol. The van der Waals surface area contributed by atoms with Gasteiger partial charge in [0, 0.05) is 94.0 Å². The molecular weight excluding hydrogens is 844 g/mol. The van der Waals surface area contributed by atoms with Crippen LogP contribution in [0.1, 0.15) is 85.5 Å². The molecule has 18 heteroatoms. The number of hydrogen-bond donors (Lipinski definition) is 5. The Bertz CT molecular complexity index is 2790. The number of aromatic nitrogens is 5. The van der Waals surface area contributed by atoms with Gasteiger partial charge in [-0.25, -0.2) is 23.7 Å². The predicted molar refractivity (Wildman–Crippen MR) is 245 cm³/mol. The molecular formula is C48H55FN12O5. The molecule has 0 radical (unpaired) electrons. The number of carbonyl (C=O) groups excluding carboxylic acids is 3. The maximum Gasteiger partial charge on any atom is 0.278 e. The Hall–Kier alpha value is -6.24. The molecule has 2 atom stereocenters. The summed E-state index contributed by atoms with van der Waals surface area (Å²) >= 11 is 0. The summed E-state index contributed by atoms with van der Waals surface area (Å²) in [7, 11) is 0. The van der Waals surface area contributed by atoms with Crippen LogP contribution in [-0.4, -0.2) is 114 Å². The first-order valence-corrected chi connectivity index (χ1v) is 23.5. The highest BCUT2D eigenvalue weighted by atomic mass is 19.1. The zero-order valence-corrected chi connectivity index (χ0v) is 37.1. The molecule has 5 N–H and O–H groups in total. The number of aryl methyl sites for hydroxylation is 1. The van der Waals surface area contributed by atoms with E-state index in [0.717, 1.165) is 88.3 Å². The number of pyridine rings is 1. The fourth-order valence-corrected chi connectivity index (χ4v) is 10.5. The molecule has 4 aliphatic heterocycles. The van der Waals surface area contributed by atoms with Gasteiger partial charge in [-0.15, -0.1) is 0 Å². The molecule has 2 aromatic carbocycles. The molecule has 3 aromatic heterocycles. The number of amides is 3. The second-order valence-corrected chi connectivity index (χ2v) is 18.9. The van der Waals surface area contributed by atoms with Crippen molar-refractivity contribution in [2.24, 2.45) is 5.92 Å². The van der Waals surface area contributed by atoms with E-state index in [4.69, 9.17) is 9.97 Å². The third kappa shape index (κ3) is 7.87. The van der Waals surface area contributed by atoms with Gasteiger partial charge in [0.1, 0.15) is 22.8 Å². The summed E-state index contributed by atoms with van der Waals surface area (Å²) in [5.74, 6) is -0.247. The highest BCUT2D eigenvalue weighted by Crippen LogP contribution is 2.39. The van der Waals surface area contributed by atoms with Crippen LogP contribution in [0, 0.1) is 11.7 Å². The molecule has 66 heavy (non-hydrogen) atoms. The Kier molecular flexibility index (Phi) is 10.8.